The van der Waals surface area contributed by atoms with Crippen LogP contribution < -0.4 is 22.1 Å². The number of H-pyrrole nitrogens is 3. The van der Waals surface area contributed by atoms with E-state index in [1.807, 2.05) is 31.2 Å². The first-order valence-electron chi connectivity index (χ1n) is 15.8. The lowest BCUT2D eigenvalue weighted by Crippen LogP contribution is -2.48. The molecule has 2 aliphatic rings. The third-order valence-electron chi connectivity index (χ3n) is 9.32. The van der Waals surface area contributed by atoms with Crippen molar-refractivity contribution in [1.82, 2.24) is 30.2 Å². The number of pyridine rings is 1. The van der Waals surface area contributed by atoms with E-state index in [0.29, 0.717) is 41.5 Å². The average Bonchev–Trinajstić information content (AvgIpc) is 3.71. The molecule has 2 amide bonds. The van der Waals surface area contributed by atoms with Crippen LogP contribution in [0, 0.1) is 18.8 Å². The summed E-state index contributed by atoms with van der Waals surface area (Å²) in [6.07, 6.45) is 6.04. The summed E-state index contributed by atoms with van der Waals surface area (Å²) in [6, 6.07) is 14.5. The summed E-state index contributed by atoms with van der Waals surface area (Å²) in [6.45, 7) is 2.64. The molecule has 11 nitrogen and oxygen atoms in total. The van der Waals surface area contributed by atoms with E-state index in [1.165, 1.54) is 12.8 Å². The zero-order valence-electron chi connectivity index (χ0n) is 25.3. The van der Waals surface area contributed by atoms with E-state index < -0.39 is 6.04 Å². The summed E-state index contributed by atoms with van der Waals surface area (Å²) in [4.78, 5) is 57.1. The summed E-state index contributed by atoms with van der Waals surface area (Å²) in [7, 11) is 0. The van der Waals surface area contributed by atoms with Crippen LogP contribution in [0.1, 0.15) is 61.5 Å². The summed E-state index contributed by atoms with van der Waals surface area (Å²) >= 11 is 0. The molecule has 3 heterocycles. The van der Waals surface area contributed by atoms with Gasteiger partial charge >= 0.3 is 5.69 Å². The average molecular weight is 607 g/mol. The van der Waals surface area contributed by atoms with E-state index in [9.17, 15) is 14.4 Å². The summed E-state index contributed by atoms with van der Waals surface area (Å²) in [5.41, 5.74) is 12.8. The molecule has 0 saturated heterocycles. The number of aromatic amines is 3. The fourth-order valence-corrected chi connectivity index (χ4v) is 6.45. The number of amides is 2. The minimum Gasteiger partial charge on any atom is -0.344 e. The second kappa shape index (κ2) is 12.0. The Labute approximate surface area is 259 Å². The number of fused-ring (bicyclic) bond motifs is 2. The smallest absolute Gasteiger partial charge is 0.323 e. The van der Waals surface area contributed by atoms with Crippen molar-refractivity contribution in [3.8, 4) is 11.1 Å². The zero-order chi connectivity index (χ0) is 31.1. The van der Waals surface area contributed by atoms with Gasteiger partial charge in [-0.1, -0.05) is 24.3 Å². The molecule has 2 fully saturated rings. The van der Waals surface area contributed by atoms with Gasteiger partial charge in [-0.25, -0.2) is 14.8 Å². The summed E-state index contributed by atoms with van der Waals surface area (Å²) in [5, 5.41) is 5.99. The van der Waals surface area contributed by atoms with Crippen LogP contribution in [0.5, 0.6) is 0 Å². The Balaban J connectivity index is 1.10. The van der Waals surface area contributed by atoms with Gasteiger partial charge in [0, 0.05) is 35.2 Å². The molecule has 0 aliphatic heterocycles. The van der Waals surface area contributed by atoms with E-state index in [2.05, 4.69) is 31.7 Å². The molecule has 11 heteroatoms. The lowest BCUT2D eigenvalue weighted by atomic mass is 9.81. The largest absolute Gasteiger partial charge is 0.344 e. The molecule has 232 valence electrons. The number of aromatic nitrogens is 5. The monoisotopic (exact) mass is 606 g/mol. The molecule has 45 heavy (non-hydrogen) atoms. The molecule has 2 aliphatic carbocycles. The standard InChI is InChI=1S/C34H38N8O3/c1-18-25(16-28-31(36-18)42-30(38-28)22-10-11-22)21-6-2-19(3-7-21)14-29(39-32(43)23-8-4-20(17-35)5-9-23)33(44)37-24-12-13-26-27(15-24)41-34(45)40-26/h2-3,6-7,12-13,15-16,20,22-23,29H,4-5,8-11,14,17,35H2,1H3,(H,37,44)(H,39,43)(H,36,38,42)(H2,40,41,45)/t20?,23?,29-/m0/s1. The predicted octanol–water partition coefficient (Wildman–Crippen LogP) is 4.41. The number of aryl methyl sites for hydroxylation is 1. The number of nitrogens with zero attached hydrogens (tertiary/aromatic N) is 2. The Morgan fingerprint density at radius 3 is 2.42 bits per heavy atom. The number of carbonyl (C=O) groups excluding carboxylic acids is 2. The van der Waals surface area contributed by atoms with Crippen LogP contribution in [0.15, 0.2) is 53.3 Å². The fraction of sp³-hybridized carbons (Fsp3) is 0.382. The van der Waals surface area contributed by atoms with Crippen LogP contribution in [0.25, 0.3) is 33.3 Å². The Hall–Kier alpha value is -4.77. The van der Waals surface area contributed by atoms with Crippen molar-refractivity contribution in [2.24, 2.45) is 17.6 Å². The SMILES string of the molecule is Cc1nc2[nH]c(C3CC3)nc2cc1-c1ccc(C[C@H](NC(=O)C2CCC(CN)CC2)C(=O)Nc2ccc3[nH]c(=O)[nH]c3c2)cc1. The van der Waals surface area contributed by atoms with Gasteiger partial charge < -0.3 is 31.3 Å². The molecule has 7 N–H and O–H groups in total. The number of rotatable bonds is 9. The molecular weight excluding hydrogens is 568 g/mol. The number of nitrogens with one attached hydrogen (secondary N) is 5. The third kappa shape index (κ3) is 6.26. The first-order valence-corrected chi connectivity index (χ1v) is 15.8. The van der Waals surface area contributed by atoms with Gasteiger partial charge in [0.05, 0.1) is 11.0 Å². The third-order valence-corrected chi connectivity index (χ3v) is 9.32. The van der Waals surface area contributed by atoms with E-state index >= 15 is 0 Å². The Morgan fingerprint density at radius 1 is 0.933 bits per heavy atom. The number of hydrogen-bond acceptors (Lipinski definition) is 6. The molecule has 2 saturated carbocycles. The maximum atomic E-state index is 13.6. The lowest BCUT2D eigenvalue weighted by molar-refractivity contribution is -0.130. The number of anilines is 1. The van der Waals surface area contributed by atoms with Crippen LogP contribution in [0.3, 0.4) is 0 Å². The van der Waals surface area contributed by atoms with Crippen molar-refractivity contribution >= 4 is 39.7 Å². The van der Waals surface area contributed by atoms with Gasteiger partial charge in [0.15, 0.2) is 5.65 Å². The second-order valence-electron chi connectivity index (χ2n) is 12.6. The van der Waals surface area contributed by atoms with Crippen LogP contribution in [0.2, 0.25) is 0 Å². The normalized spacial score (nSPS) is 19.1. The second-order valence-corrected chi connectivity index (χ2v) is 12.6. The summed E-state index contributed by atoms with van der Waals surface area (Å²) < 4.78 is 0. The van der Waals surface area contributed by atoms with Crippen LogP contribution in [-0.4, -0.2) is 49.3 Å². The van der Waals surface area contributed by atoms with Crippen molar-refractivity contribution in [3.05, 3.63) is 76.1 Å². The highest BCUT2D eigenvalue weighted by atomic mass is 16.2. The number of nitrogens with two attached hydrogens (primary N) is 1. The summed E-state index contributed by atoms with van der Waals surface area (Å²) in [5.74, 6) is 1.43. The van der Waals surface area contributed by atoms with Crippen molar-refractivity contribution < 1.29 is 9.59 Å². The molecule has 0 radical (unpaired) electrons. The first-order chi connectivity index (χ1) is 21.8. The Bertz CT molecular complexity index is 1930. The maximum absolute atomic E-state index is 13.6. The number of benzene rings is 2. The highest BCUT2D eigenvalue weighted by Gasteiger charge is 2.30. The molecular formula is C34H38N8O3. The Morgan fingerprint density at radius 2 is 1.69 bits per heavy atom. The Kier molecular flexibility index (Phi) is 7.70. The maximum Gasteiger partial charge on any atom is 0.323 e. The van der Waals surface area contributed by atoms with Crippen molar-refractivity contribution in [2.45, 2.75) is 63.8 Å². The van der Waals surface area contributed by atoms with Crippen molar-refractivity contribution in [2.75, 3.05) is 11.9 Å². The highest BCUT2D eigenvalue weighted by Crippen LogP contribution is 2.39. The molecule has 0 bridgehead atoms. The van der Waals surface area contributed by atoms with E-state index in [1.54, 1.807) is 18.2 Å². The molecule has 5 aromatic rings. The quantitative estimate of drug-likeness (QED) is 0.145. The van der Waals surface area contributed by atoms with Gasteiger partial charge in [-0.05, 0) is 93.3 Å². The molecule has 1 atom stereocenters. The molecule has 0 spiro atoms. The van der Waals surface area contributed by atoms with Gasteiger partial charge in [-0.3, -0.25) is 9.59 Å². The van der Waals surface area contributed by atoms with E-state index in [-0.39, 0.29) is 23.4 Å². The molecule has 0 unspecified atom stereocenters. The van der Waals surface area contributed by atoms with Gasteiger partial charge in [0.1, 0.15) is 17.4 Å². The lowest BCUT2D eigenvalue weighted by Gasteiger charge is -2.28. The highest BCUT2D eigenvalue weighted by molar-refractivity contribution is 5.98. The predicted molar refractivity (Wildman–Crippen MR) is 174 cm³/mol. The molecule has 3 aromatic heterocycles. The number of imidazole rings is 2. The first kappa shape index (κ1) is 29.0. The van der Waals surface area contributed by atoms with Crippen LogP contribution >= 0.6 is 0 Å². The minimum absolute atomic E-state index is 0.104. The van der Waals surface area contributed by atoms with Gasteiger partial charge in [-0.2, -0.15) is 0 Å². The fourth-order valence-electron chi connectivity index (χ4n) is 6.45. The number of hydrogen-bond donors (Lipinski definition) is 6. The van der Waals surface area contributed by atoms with E-state index in [0.717, 1.165) is 65.1 Å². The topological polar surface area (TPSA) is 174 Å². The molecule has 7 rings (SSSR count). The van der Waals surface area contributed by atoms with Gasteiger partial charge in [0.2, 0.25) is 11.8 Å². The van der Waals surface area contributed by atoms with Crippen molar-refractivity contribution in [3.63, 3.8) is 0 Å². The van der Waals surface area contributed by atoms with Crippen LogP contribution in [0.4, 0.5) is 5.69 Å². The van der Waals surface area contributed by atoms with Crippen LogP contribution in [-0.2, 0) is 16.0 Å². The van der Waals surface area contributed by atoms with Gasteiger partial charge in [0.25, 0.3) is 0 Å². The zero-order valence-corrected chi connectivity index (χ0v) is 25.3. The van der Waals surface area contributed by atoms with E-state index in [4.69, 9.17) is 15.7 Å². The number of carbonyl (C=O) groups is 2. The van der Waals surface area contributed by atoms with Gasteiger partial charge in [-0.15, -0.1) is 0 Å². The minimum atomic E-state index is -0.791. The molecule has 2 aromatic carbocycles. The van der Waals surface area contributed by atoms with Crippen molar-refractivity contribution in [1.29, 1.82) is 0 Å².